The van der Waals surface area contributed by atoms with Crippen molar-refractivity contribution < 1.29 is 27.9 Å². The number of esters is 1. The van der Waals surface area contributed by atoms with Gasteiger partial charge in [0.05, 0.1) is 7.11 Å². The molecule has 1 rings (SSSR count). The monoisotopic (exact) mass is 288 g/mol. The van der Waals surface area contributed by atoms with Gasteiger partial charge in [0.1, 0.15) is 18.5 Å². The Balaban J connectivity index is 2.47. The summed E-state index contributed by atoms with van der Waals surface area (Å²) in [5, 5.41) is 0. The van der Waals surface area contributed by atoms with Crippen molar-refractivity contribution >= 4 is 13.6 Å². The van der Waals surface area contributed by atoms with Gasteiger partial charge in [0.2, 0.25) is 0 Å². The molecule has 0 atom stereocenters. The van der Waals surface area contributed by atoms with Crippen LogP contribution in [0.15, 0.2) is 24.3 Å². The first-order valence-electron chi connectivity index (χ1n) is 5.52. The second-order valence-electron chi connectivity index (χ2n) is 3.64. The smallest absolute Gasteiger partial charge is 0.341 e. The predicted octanol–water partition coefficient (Wildman–Crippen LogP) is 2.22. The molecule has 0 spiro atoms. The molecule has 106 valence electrons. The molecule has 0 heterocycles. The Bertz CT molecular complexity index is 448. The molecule has 0 unspecified atom stereocenters. The van der Waals surface area contributed by atoms with Crippen LogP contribution in [0.1, 0.15) is 5.56 Å². The molecule has 0 fully saturated rings. The van der Waals surface area contributed by atoms with Crippen molar-refractivity contribution in [3.8, 4) is 5.75 Å². The number of methoxy groups -OCH3 is 1. The summed E-state index contributed by atoms with van der Waals surface area (Å²) in [6.07, 6.45) is -0.407. The molecule has 19 heavy (non-hydrogen) atoms. The second kappa shape index (κ2) is 7.28. The normalized spacial score (nSPS) is 11.1. The Morgan fingerprint density at radius 2 is 1.68 bits per heavy atom. The van der Waals surface area contributed by atoms with Gasteiger partial charge in [0.25, 0.3) is 0 Å². The number of carbonyl (C=O) groups is 1. The Hall–Kier alpha value is -1.36. The molecule has 0 bridgehead atoms. The van der Waals surface area contributed by atoms with Crippen LogP contribution in [0, 0.1) is 0 Å². The molecule has 0 radical (unpaired) electrons. The van der Waals surface area contributed by atoms with Crippen molar-refractivity contribution in [2.24, 2.45) is 0 Å². The lowest BCUT2D eigenvalue weighted by molar-refractivity contribution is -0.142. The topological polar surface area (TPSA) is 71.1 Å². The fraction of sp³-hybridized carbons (Fsp3) is 0.417. The average molecular weight is 288 g/mol. The average Bonchev–Trinajstić information content (AvgIpc) is 2.45. The first-order valence-corrected chi connectivity index (χ1v) is 7.25. The first kappa shape index (κ1) is 15.7. The van der Waals surface area contributed by atoms with Gasteiger partial charge in [0.15, 0.2) is 0 Å². The lowest BCUT2D eigenvalue weighted by Crippen LogP contribution is -2.11. The van der Waals surface area contributed by atoms with Crippen LogP contribution < -0.4 is 4.74 Å². The molecule has 1 aromatic carbocycles. The van der Waals surface area contributed by atoms with Crippen molar-refractivity contribution in [3.05, 3.63) is 29.8 Å². The third-order valence-corrected chi connectivity index (χ3v) is 4.20. The van der Waals surface area contributed by atoms with Crippen LogP contribution in [0.3, 0.4) is 0 Å². The van der Waals surface area contributed by atoms with Crippen LogP contribution in [0.4, 0.5) is 0 Å². The summed E-state index contributed by atoms with van der Waals surface area (Å²) in [7, 11) is 0.652. The third kappa shape index (κ3) is 5.03. The van der Waals surface area contributed by atoms with E-state index in [2.05, 4.69) is 9.05 Å². The van der Waals surface area contributed by atoms with Gasteiger partial charge < -0.3 is 18.5 Å². The highest BCUT2D eigenvalue weighted by Crippen LogP contribution is 2.46. The number of carbonyl (C=O) groups excluding carboxylic acids is 1. The molecule has 0 saturated carbocycles. The third-order valence-electron chi connectivity index (χ3n) is 2.44. The minimum Gasteiger partial charge on any atom is -0.497 e. The standard InChI is InChI=1S/C12H17O6P/c1-15-11-6-4-10(5-7-11)8-18-12(13)9-19(14,16-2)17-3/h4-7H,8-9H2,1-3H3. The van der Waals surface area contributed by atoms with Crippen LogP contribution in [-0.2, 0) is 29.8 Å². The lowest BCUT2D eigenvalue weighted by atomic mass is 10.2. The highest BCUT2D eigenvalue weighted by Gasteiger charge is 2.26. The maximum absolute atomic E-state index is 11.7. The maximum atomic E-state index is 11.7. The van der Waals surface area contributed by atoms with Gasteiger partial charge in [-0.2, -0.15) is 0 Å². The number of hydrogen-bond acceptors (Lipinski definition) is 6. The van der Waals surface area contributed by atoms with E-state index in [-0.39, 0.29) is 6.61 Å². The molecule has 0 aromatic heterocycles. The van der Waals surface area contributed by atoms with Gasteiger partial charge in [0, 0.05) is 14.2 Å². The first-order chi connectivity index (χ1) is 9.03. The summed E-state index contributed by atoms with van der Waals surface area (Å²) in [6, 6.07) is 7.08. The van der Waals surface area contributed by atoms with E-state index in [0.717, 1.165) is 11.3 Å². The van der Waals surface area contributed by atoms with Crippen molar-refractivity contribution in [3.63, 3.8) is 0 Å². The fourth-order valence-corrected chi connectivity index (χ4v) is 2.11. The van der Waals surface area contributed by atoms with Gasteiger partial charge in [-0.1, -0.05) is 12.1 Å². The number of ether oxygens (including phenoxy) is 2. The van der Waals surface area contributed by atoms with Crippen LogP contribution in [0.25, 0.3) is 0 Å². The van der Waals surface area contributed by atoms with Crippen LogP contribution in [0.2, 0.25) is 0 Å². The summed E-state index contributed by atoms with van der Waals surface area (Å²) in [5.74, 6) is 0.0844. The van der Waals surface area contributed by atoms with E-state index in [0.29, 0.717) is 0 Å². The van der Waals surface area contributed by atoms with E-state index in [1.807, 2.05) is 0 Å². The van der Waals surface area contributed by atoms with Crippen LogP contribution in [-0.4, -0.2) is 33.5 Å². The van der Waals surface area contributed by atoms with E-state index < -0.39 is 19.7 Å². The summed E-state index contributed by atoms with van der Waals surface area (Å²) >= 11 is 0. The molecule has 0 aliphatic carbocycles. The zero-order valence-electron chi connectivity index (χ0n) is 11.1. The Morgan fingerprint density at radius 1 is 1.11 bits per heavy atom. The second-order valence-corrected chi connectivity index (χ2v) is 5.91. The molecular formula is C12H17O6P. The molecule has 7 heteroatoms. The van der Waals surface area contributed by atoms with Crippen LogP contribution in [0.5, 0.6) is 5.75 Å². The molecule has 0 amide bonds. The van der Waals surface area contributed by atoms with E-state index in [9.17, 15) is 9.36 Å². The van der Waals surface area contributed by atoms with E-state index >= 15 is 0 Å². The molecule has 1 aromatic rings. The van der Waals surface area contributed by atoms with E-state index in [1.54, 1.807) is 31.4 Å². The molecule has 0 N–H and O–H groups in total. The molecule has 0 aliphatic heterocycles. The van der Waals surface area contributed by atoms with Gasteiger partial charge >= 0.3 is 13.6 Å². The summed E-state index contributed by atoms with van der Waals surface area (Å²) in [6.45, 7) is 0.0935. The summed E-state index contributed by atoms with van der Waals surface area (Å²) < 4.78 is 31.0. The highest BCUT2D eigenvalue weighted by molar-refractivity contribution is 7.54. The van der Waals surface area contributed by atoms with Gasteiger partial charge in [-0.25, -0.2) is 0 Å². The molecule has 0 aliphatic rings. The van der Waals surface area contributed by atoms with Crippen LogP contribution >= 0.6 is 7.60 Å². The van der Waals surface area contributed by atoms with Crippen molar-refractivity contribution in [1.29, 1.82) is 0 Å². The maximum Gasteiger partial charge on any atom is 0.341 e. The molecule has 6 nitrogen and oxygen atoms in total. The number of hydrogen-bond donors (Lipinski definition) is 0. The van der Waals surface area contributed by atoms with E-state index in [4.69, 9.17) is 9.47 Å². The quantitative estimate of drug-likeness (QED) is 0.566. The predicted molar refractivity (Wildman–Crippen MR) is 69.3 cm³/mol. The van der Waals surface area contributed by atoms with Crippen molar-refractivity contribution in [2.45, 2.75) is 6.61 Å². The summed E-state index contributed by atoms with van der Waals surface area (Å²) in [5.41, 5.74) is 0.804. The summed E-state index contributed by atoms with van der Waals surface area (Å²) in [4.78, 5) is 11.5. The fourth-order valence-electron chi connectivity index (χ4n) is 1.29. The molecular weight excluding hydrogens is 271 g/mol. The minimum absolute atomic E-state index is 0.0935. The van der Waals surface area contributed by atoms with Gasteiger partial charge in [-0.3, -0.25) is 9.36 Å². The Labute approximate surface area is 112 Å². The zero-order chi connectivity index (χ0) is 14.3. The Morgan fingerprint density at radius 3 is 2.16 bits per heavy atom. The SMILES string of the molecule is COc1ccc(COC(=O)CP(=O)(OC)OC)cc1. The van der Waals surface area contributed by atoms with Gasteiger partial charge in [-0.15, -0.1) is 0 Å². The largest absolute Gasteiger partial charge is 0.497 e. The highest BCUT2D eigenvalue weighted by atomic mass is 31.2. The Kier molecular flexibility index (Phi) is 6.02. The number of benzene rings is 1. The lowest BCUT2D eigenvalue weighted by Gasteiger charge is -2.12. The number of rotatable bonds is 7. The van der Waals surface area contributed by atoms with Crippen molar-refractivity contribution in [1.82, 2.24) is 0 Å². The van der Waals surface area contributed by atoms with E-state index in [1.165, 1.54) is 14.2 Å². The van der Waals surface area contributed by atoms with Crippen molar-refractivity contribution in [2.75, 3.05) is 27.5 Å². The minimum atomic E-state index is -3.37. The van der Waals surface area contributed by atoms with Gasteiger partial charge in [-0.05, 0) is 17.7 Å². The molecule has 0 saturated heterocycles. The zero-order valence-corrected chi connectivity index (χ0v) is 12.0.